The fourth-order valence-electron chi connectivity index (χ4n) is 1.91. The van der Waals surface area contributed by atoms with Crippen LogP contribution in [0.1, 0.15) is 25.3 Å². The molecule has 0 radical (unpaired) electrons. The van der Waals surface area contributed by atoms with Crippen LogP contribution < -0.4 is 10.5 Å². The highest BCUT2D eigenvalue weighted by molar-refractivity contribution is 7.80. The summed E-state index contributed by atoms with van der Waals surface area (Å²) in [5.41, 5.74) is 6.48. The van der Waals surface area contributed by atoms with Crippen LogP contribution in [0.2, 0.25) is 0 Å². The molecule has 0 bridgehead atoms. The monoisotopic (exact) mass is 294 g/mol. The van der Waals surface area contributed by atoms with Gasteiger partial charge in [-0.1, -0.05) is 31.3 Å². The molecular weight excluding hydrogens is 272 g/mol. The third-order valence-corrected chi connectivity index (χ3v) is 3.19. The highest BCUT2D eigenvalue weighted by atomic mass is 32.1. The van der Waals surface area contributed by atoms with Crippen molar-refractivity contribution in [3.63, 3.8) is 0 Å². The Balaban J connectivity index is 2.61. The lowest BCUT2D eigenvalue weighted by molar-refractivity contribution is -0.130. The van der Waals surface area contributed by atoms with Gasteiger partial charge in [0.15, 0.2) is 0 Å². The lowest BCUT2D eigenvalue weighted by atomic mass is 10.1. The number of nitrogens with two attached hydrogens (primary N) is 1. The number of carbonyl (C=O) groups excluding carboxylic acids is 1. The summed E-state index contributed by atoms with van der Waals surface area (Å²) in [7, 11) is 1.62. The maximum atomic E-state index is 12.3. The van der Waals surface area contributed by atoms with Crippen molar-refractivity contribution < 1.29 is 9.53 Å². The Kier molecular flexibility index (Phi) is 7.01. The summed E-state index contributed by atoms with van der Waals surface area (Å²) in [4.78, 5) is 14.6. The minimum atomic E-state index is 0.105. The molecule has 0 saturated heterocycles. The van der Waals surface area contributed by atoms with E-state index in [-0.39, 0.29) is 5.91 Å². The molecule has 5 heteroatoms. The topological polar surface area (TPSA) is 55.6 Å². The lowest BCUT2D eigenvalue weighted by Crippen LogP contribution is -2.35. The first kappa shape index (κ1) is 16.4. The summed E-state index contributed by atoms with van der Waals surface area (Å²) in [5, 5.41) is 0. The first-order valence-electron chi connectivity index (χ1n) is 6.75. The normalized spacial score (nSPS) is 10.1. The summed E-state index contributed by atoms with van der Waals surface area (Å²) in [5.74, 6) is 0.897. The van der Waals surface area contributed by atoms with Crippen molar-refractivity contribution in [1.82, 2.24) is 4.90 Å². The molecule has 1 aromatic carbocycles. The average Bonchev–Trinajstić information content (AvgIpc) is 2.44. The highest BCUT2D eigenvalue weighted by Gasteiger charge is 2.13. The Morgan fingerprint density at radius 3 is 2.45 bits per heavy atom. The van der Waals surface area contributed by atoms with E-state index in [0.717, 1.165) is 24.3 Å². The van der Waals surface area contributed by atoms with Gasteiger partial charge in [-0.25, -0.2) is 0 Å². The van der Waals surface area contributed by atoms with Gasteiger partial charge in [0.1, 0.15) is 5.75 Å². The Hall–Kier alpha value is -1.62. The van der Waals surface area contributed by atoms with Gasteiger partial charge >= 0.3 is 0 Å². The fourth-order valence-corrected chi connectivity index (χ4v) is 2.00. The molecule has 0 heterocycles. The van der Waals surface area contributed by atoms with Crippen LogP contribution in [-0.2, 0) is 11.2 Å². The van der Waals surface area contributed by atoms with Crippen molar-refractivity contribution in [3.8, 4) is 5.75 Å². The van der Waals surface area contributed by atoms with Gasteiger partial charge in [-0.3, -0.25) is 4.79 Å². The van der Waals surface area contributed by atoms with Gasteiger partial charge in [0, 0.05) is 19.5 Å². The van der Waals surface area contributed by atoms with Gasteiger partial charge in [0.25, 0.3) is 0 Å². The molecule has 0 aliphatic heterocycles. The van der Waals surface area contributed by atoms with Gasteiger partial charge in [-0.05, 0) is 24.1 Å². The van der Waals surface area contributed by atoms with Gasteiger partial charge in [0.05, 0.1) is 18.5 Å². The zero-order chi connectivity index (χ0) is 15.0. The zero-order valence-electron chi connectivity index (χ0n) is 12.1. The molecule has 0 fully saturated rings. The van der Waals surface area contributed by atoms with Gasteiger partial charge in [-0.15, -0.1) is 0 Å². The average molecular weight is 294 g/mol. The van der Waals surface area contributed by atoms with Crippen LogP contribution in [-0.4, -0.2) is 36.0 Å². The van der Waals surface area contributed by atoms with E-state index < -0.39 is 0 Å². The second-order valence-corrected chi connectivity index (χ2v) is 5.15. The van der Waals surface area contributed by atoms with E-state index in [9.17, 15) is 4.79 Å². The summed E-state index contributed by atoms with van der Waals surface area (Å²) in [6, 6.07) is 7.55. The smallest absolute Gasteiger partial charge is 0.227 e. The number of methoxy groups -OCH3 is 1. The summed E-state index contributed by atoms with van der Waals surface area (Å²) < 4.78 is 5.10. The predicted octanol–water partition coefficient (Wildman–Crippen LogP) is 2.15. The standard InChI is InChI=1S/C15H22N2O2S/c1-3-9-17(10-8-14(16)20)15(18)11-12-4-6-13(19-2)7-5-12/h4-7H,3,8-11H2,1-2H3,(H2,16,20). The molecule has 0 aliphatic carbocycles. The first-order valence-corrected chi connectivity index (χ1v) is 7.16. The van der Waals surface area contributed by atoms with E-state index in [4.69, 9.17) is 22.7 Å². The number of carbonyl (C=O) groups is 1. The molecule has 0 unspecified atom stereocenters. The molecule has 0 spiro atoms. The molecule has 1 aromatic rings. The number of hydrogen-bond donors (Lipinski definition) is 1. The summed E-state index contributed by atoms with van der Waals surface area (Å²) in [6.45, 7) is 3.38. The van der Waals surface area contributed by atoms with Gasteiger partial charge in [-0.2, -0.15) is 0 Å². The van der Waals surface area contributed by atoms with E-state index in [2.05, 4.69) is 6.92 Å². The van der Waals surface area contributed by atoms with Crippen LogP contribution in [0.25, 0.3) is 0 Å². The van der Waals surface area contributed by atoms with Crippen LogP contribution in [0, 0.1) is 0 Å². The molecule has 1 rings (SSSR count). The largest absolute Gasteiger partial charge is 0.497 e. The number of ether oxygens (including phenoxy) is 1. The van der Waals surface area contributed by atoms with Gasteiger partial charge < -0.3 is 15.4 Å². The summed E-state index contributed by atoms with van der Waals surface area (Å²) >= 11 is 4.87. The second kappa shape index (κ2) is 8.53. The van der Waals surface area contributed by atoms with Crippen molar-refractivity contribution in [2.45, 2.75) is 26.2 Å². The zero-order valence-corrected chi connectivity index (χ0v) is 12.9. The van der Waals surface area contributed by atoms with Crippen LogP contribution in [0.5, 0.6) is 5.75 Å². The lowest BCUT2D eigenvalue weighted by Gasteiger charge is -2.22. The Morgan fingerprint density at radius 1 is 1.30 bits per heavy atom. The Morgan fingerprint density at radius 2 is 1.95 bits per heavy atom. The highest BCUT2D eigenvalue weighted by Crippen LogP contribution is 2.12. The van der Waals surface area contributed by atoms with E-state index >= 15 is 0 Å². The van der Waals surface area contributed by atoms with Crippen LogP contribution >= 0.6 is 12.2 Å². The van der Waals surface area contributed by atoms with Crippen molar-refractivity contribution in [1.29, 1.82) is 0 Å². The minimum Gasteiger partial charge on any atom is -0.497 e. The molecule has 110 valence electrons. The number of amides is 1. The van der Waals surface area contributed by atoms with Crippen molar-refractivity contribution in [3.05, 3.63) is 29.8 Å². The van der Waals surface area contributed by atoms with E-state index in [0.29, 0.717) is 24.4 Å². The fraction of sp³-hybridized carbons (Fsp3) is 0.467. The number of hydrogen-bond acceptors (Lipinski definition) is 3. The maximum absolute atomic E-state index is 12.3. The molecule has 1 amide bonds. The quantitative estimate of drug-likeness (QED) is 0.746. The molecular formula is C15H22N2O2S. The number of benzene rings is 1. The first-order chi connectivity index (χ1) is 9.56. The third-order valence-electron chi connectivity index (χ3n) is 2.99. The SMILES string of the molecule is CCCN(CCC(N)=S)C(=O)Cc1ccc(OC)cc1. The molecule has 0 atom stereocenters. The van der Waals surface area contributed by atoms with E-state index in [1.54, 1.807) is 7.11 Å². The molecule has 20 heavy (non-hydrogen) atoms. The molecule has 2 N–H and O–H groups in total. The van der Waals surface area contributed by atoms with Crippen molar-refractivity contribution in [2.75, 3.05) is 20.2 Å². The molecule has 4 nitrogen and oxygen atoms in total. The molecule has 0 saturated carbocycles. The molecule has 0 aliphatic rings. The predicted molar refractivity (Wildman–Crippen MR) is 85.0 cm³/mol. The Labute approximate surface area is 125 Å². The Bertz CT molecular complexity index is 446. The third kappa shape index (κ3) is 5.57. The van der Waals surface area contributed by atoms with Crippen LogP contribution in [0.4, 0.5) is 0 Å². The molecule has 0 aromatic heterocycles. The maximum Gasteiger partial charge on any atom is 0.227 e. The van der Waals surface area contributed by atoms with Crippen LogP contribution in [0.3, 0.4) is 0 Å². The van der Waals surface area contributed by atoms with Gasteiger partial charge in [0.2, 0.25) is 5.91 Å². The minimum absolute atomic E-state index is 0.105. The number of thiocarbonyl (C=S) groups is 1. The number of rotatable bonds is 8. The van der Waals surface area contributed by atoms with Crippen molar-refractivity contribution >= 4 is 23.1 Å². The van der Waals surface area contributed by atoms with E-state index in [1.165, 1.54) is 0 Å². The van der Waals surface area contributed by atoms with Crippen molar-refractivity contribution in [2.24, 2.45) is 5.73 Å². The second-order valence-electron chi connectivity index (χ2n) is 4.62. The van der Waals surface area contributed by atoms with E-state index in [1.807, 2.05) is 29.2 Å². The number of nitrogens with zero attached hydrogens (tertiary/aromatic N) is 1. The summed E-state index contributed by atoms with van der Waals surface area (Å²) in [6.07, 6.45) is 1.89. The van der Waals surface area contributed by atoms with Crippen LogP contribution in [0.15, 0.2) is 24.3 Å².